The van der Waals surface area contributed by atoms with Crippen LogP contribution in [0.1, 0.15) is 5.56 Å². The molecule has 1 aromatic rings. The van der Waals surface area contributed by atoms with Crippen LogP contribution in [0.15, 0.2) is 23.1 Å². The molecule has 0 aromatic heterocycles. The molecule has 0 amide bonds. The third-order valence-electron chi connectivity index (χ3n) is 1.41. The zero-order valence-electron chi connectivity index (χ0n) is 6.50. The van der Waals surface area contributed by atoms with Crippen LogP contribution in [-0.2, 0) is 15.4 Å². The van der Waals surface area contributed by atoms with E-state index in [-0.39, 0.29) is 4.90 Å². The number of rotatable bonds is 2. The van der Waals surface area contributed by atoms with Crippen molar-refractivity contribution >= 4 is 37.6 Å². The van der Waals surface area contributed by atoms with Crippen LogP contribution in [0.5, 0.6) is 0 Å². The van der Waals surface area contributed by atoms with Gasteiger partial charge in [0.15, 0.2) is 0 Å². The average Bonchev–Trinajstić information content (AvgIpc) is 2.01. The SMILES string of the molecule is NS(=O)(=O)c1cc(Cl)cc(CBr)c1. The van der Waals surface area contributed by atoms with Gasteiger partial charge < -0.3 is 0 Å². The minimum atomic E-state index is -3.66. The van der Waals surface area contributed by atoms with Gasteiger partial charge in [0, 0.05) is 10.4 Å². The molecule has 0 aliphatic heterocycles. The average molecular weight is 285 g/mol. The Balaban J connectivity index is 3.33. The number of nitrogens with two attached hydrogens (primary N) is 1. The van der Waals surface area contributed by atoms with E-state index < -0.39 is 10.0 Å². The summed E-state index contributed by atoms with van der Waals surface area (Å²) < 4.78 is 21.9. The molecule has 72 valence electrons. The highest BCUT2D eigenvalue weighted by molar-refractivity contribution is 9.08. The van der Waals surface area contributed by atoms with Crippen LogP contribution < -0.4 is 5.14 Å². The van der Waals surface area contributed by atoms with Crippen LogP contribution in [0.3, 0.4) is 0 Å². The Hall–Kier alpha value is -0.100. The van der Waals surface area contributed by atoms with Crippen LogP contribution in [0.2, 0.25) is 5.02 Å². The summed E-state index contributed by atoms with van der Waals surface area (Å²) in [7, 11) is -3.66. The largest absolute Gasteiger partial charge is 0.238 e. The van der Waals surface area contributed by atoms with E-state index in [2.05, 4.69) is 15.9 Å². The smallest absolute Gasteiger partial charge is 0.225 e. The van der Waals surface area contributed by atoms with Crippen molar-refractivity contribution < 1.29 is 8.42 Å². The van der Waals surface area contributed by atoms with Gasteiger partial charge in [0.25, 0.3) is 0 Å². The number of halogens is 2. The Bertz CT molecular complexity index is 419. The number of hydrogen-bond donors (Lipinski definition) is 1. The van der Waals surface area contributed by atoms with E-state index in [1.54, 1.807) is 6.07 Å². The standard InChI is InChI=1S/C7H7BrClNO2S/c8-4-5-1-6(9)3-7(2-5)13(10,11)12/h1-3H,4H2,(H2,10,11,12). The lowest BCUT2D eigenvalue weighted by atomic mass is 10.2. The Morgan fingerprint density at radius 2 is 2.00 bits per heavy atom. The van der Waals surface area contributed by atoms with Crippen LogP contribution in [-0.4, -0.2) is 8.42 Å². The van der Waals surface area contributed by atoms with Crippen molar-refractivity contribution in [3.63, 3.8) is 0 Å². The van der Waals surface area contributed by atoms with Gasteiger partial charge in [-0.3, -0.25) is 0 Å². The molecule has 0 heterocycles. The molecule has 0 bridgehead atoms. The lowest BCUT2D eigenvalue weighted by Gasteiger charge is -2.01. The third kappa shape index (κ3) is 2.95. The van der Waals surface area contributed by atoms with Crippen molar-refractivity contribution in [3.05, 3.63) is 28.8 Å². The predicted octanol–water partition coefficient (Wildman–Crippen LogP) is 1.88. The predicted molar refractivity (Wildman–Crippen MR) is 55.5 cm³/mol. The molecule has 13 heavy (non-hydrogen) atoms. The van der Waals surface area contributed by atoms with Gasteiger partial charge in [0.2, 0.25) is 10.0 Å². The highest BCUT2D eigenvalue weighted by Gasteiger charge is 2.09. The first-order chi connectivity index (χ1) is 5.93. The van der Waals surface area contributed by atoms with Crippen LogP contribution in [0.25, 0.3) is 0 Å². The van der Waals surface area contributed by atoms with Crippen molar-refractivity contribution in [1.29, 1.82) is 0 Å². The summed E-state index contributed by atoms with van der Waals surface area (Å²) in [6.07, 6.45) is 0. The van der Waals surface area contributed by atoms with Gasteiger partial charge in [-0.2, -0.15) is 0 Å². The fourth-order valence-corrected chi connectivity index (χ4v) is 2.12. The first-order valence-corrected chi connectivity index (χ1v) is 6.36. The van der Waals surface area contributed by atoms with Gasteiger partial charge in [-0.1, -0.05) is 27.5 Å². The van der Waals surface area contributed by atoms with Crippen molar-refractivity contribution in [2.24, 2.45) is 5.14 Å². The highest BCUT2D eigenvalue weighted by atomic mass is 79.9. The molecular weight excluding hydrogens is 278 g/mol. The van der Waals surface area contributed by atoms with Gasteiger partial charge in [-0.25, -0.2) is 13.6 Å². The van der Waals surface area contributed by atoms with E-state index in [0.29, 0.717) is 10.4 Å². The maximum absolute atomic E-state index is 11.0. The molecular formula is C7H7BrClNO2S. The lowest BCUT2D eigenvalue weighted by molar-refractivity contribution is 0.597. The van der Waals surface area contributed by atoms with Crippen molar-refractivity contribution in [2.75, 3.05) is 0 Å². The molecule has 0 spiro atoms. The summed E-state index contributed by atoms with van der Waals surface area (Å²) >= 11 is 8.89. The second-order valence-electron chi connectivity index (χ2n) is 2.47. The number of primary sulfonamides is 1. The fraction of sp³-hybridized carbons (Fsp3) is 0.143. The molecule has 6 heteroatoms. The molecule has 2 N–H and O–H groups in total. The lowest BCUT2D eigenvalue weighted by Crippen LogP contribution is -2.12. The summed E-state index contributed by atoms with van der Waals surface area (Å²) in [6, 6.07) is 4.48. The maximum Gasteiger partial charge on any atom is 0.238 e. The molecule has 0 radical (unpaired) electrons. The summed E-state index contributed by atoms with van der Waals surface area (Å²) in [5.74, 6) is 0. The molecule has 0 saturated carbocycles. The van der Waals surface area contributed by atoms with Crippen molar-refractivity contribution in [3.8, 4) is 0 Å². The molecule has 0 atom stereocenters. The minimum absolute atomic E-state index is 0.0365. The Morgan fingerprint density at radius 1 is 1.38 bits per heavy atom. The topological polar surface area (TPSA) is 60.2 Å². The third-order valence-corrected chi connectivity index (χ3v) is 3.17. The first-order valence-electron chi connectivity index (χ1n) is 3.32. The zero-order chi connectivity index (χ0) is 10.1. The zero-order valence-corrected chi connectivity index (χ0v) is 9.66. The van der Waals surface area contributed by atoms with E-state index in [1.807, 2.05) is 0 Å². The molecule has 0 fully saturated rings. The molecule has 1 rings (SSSR count). The van der Waals surface area contributed by atoms with Crippen LogP contribution >= 0.6 is 27.5 Å². The van der Waals surface area contributed by atoms with E-state index in [1.165, 1.54) is 12.1 Å². The molecule has 1 aromatic carbocycles. The monoisotopic (exact) mass is 283 g/mol. The fourth-order valence-electron chi connectivity index (χ4n) is 0.862. The molecule has 0 aliphatic rings. The summed E-state index contributed by atoms with van der Waals surface area (Å²) in [5.41, 5.74) is 0.775. The normalized spacial score (nSPS) is 11.6. The van der Waals surface area contributed by atoms with Crippen molar-refractivity contribution in [2.45, 2.75) is 10.2 Å². The van der Waals surface area contributed by atoms with Gasteiger partial charge >= 0.3 is 0 Å². The second-order valence-corrected chi connectivity index (χ2v) is 5.03. The first kappa shape index (κ1) is 11.0. The highest BCUT2D eigenvalue weighted by Crippen LogP contribution is 2.19. The van der Waals surface area contributed by atoms with Crippen molar-refractivity contribution in [1.82, 2.24) is 0 Å². The molecule has 0 unspecified atom stereocenters. The second kappa shape index (κ2) is 3.96. The maximum atomic E-state index is 11.0. The van der Waals surface area contributed by atoms with Crippen LogP contribution in [0, 0.1) is 0 Å². The number of benzene rings is 1. The summed E-state index contributed by atoms with van der Waals surface area (Å²) in [4.78, 5) is 0.0365. The quantitative estimate of drug-likeness (QED) is 0.843. The minimum Gasteiger partial charge on any atom is -0.225 e. The van der Waals surface area contributed by atoms with Crippen LogP contribution in [0.4, 0.5) is 0 Å². The van der Waals surface area contributed by atoms with Gasteiger partial charge in [-0.15, -0.1) is 0 Å². The van der Waals surface area contributed by atoms with Gasteiger partial charge in [0.1, 0.15) is 0 Å². The van der Waals surface area contributed by atoms with E-state index in [0.717, 1.165) is 5.56 Å². The van der Waals surface area contributed by atoms with Gasteiger partial charge in [-0.05, 0) is 23.8 Å². The Kier molecular flexibility index (Phi) is 3.34. The van der Waals surface area contributed by atoms with E-state index in [4.69, 9.17) is 16.7 Å². The molecule has 0 aliphatic carbocycles. The molecule has 0 saturated heterocycles. The van der Waals surface area contributed by atoms with E-state index in [9.17, 15) is 8.42 Å². The number of sulfonamides is 1. The van der Waals surface area contributed by atoms with Gasteiger partial charge in [0.05, 0.1) is 4.90 Å². The Morgan fingerprint density at radius 3 is 2.46 bits per heavy atom. The summed E-state index contributed by atoms with van der Waals surface area (Å²) in [6.45, 7) is 0. The van der Waals surface area contributed by atoms with E-state index >= 15 is 0 Å². The number of hydrogen-bond acceptors (Lipinski definition) is 2. The summed E-state index contributed by atoms with van der Waals surface area (Å²) in [5, 5.41) is 5.85. The Labute approximate surface area is 90.1 Å². The number of alkyl halides is 1. The molecule has 3 nitrogen and oxygen atoms in total.